The van der Waals surface area contributed by atoms with Crippen LogP contribution in [0.2, 0.25) is 0 Å². The molecule has 0 bridgehead atoms. The lowest BCUT2D eigenvalue weighted by molar-refractivity contribution is -0.123. The van der Waals surface area contributed by atoms with E-state index in [0.717, 1.165) is 10.6 Å². The Morgan fingerprint density at radius 1 is 1.55 bits per heavy atom. The number of carbonyl (C=O) groups excluding carboxylic acids is 1. The number of aliphatic imine (C=N–C) groups is 1. The minimum atomic E-state index is -0.402. The predicted molar refractivity (Wildman–Crippen MR) is 80.1 cm³/mol. The van der Waals surface area contributed by atoms with E-state index in [2.05, 4.69) is 10.3 Å². The smallest absolute Gasteiger partial charge is 0.246 e. The van der Waals surface area contributed by atoms with Crippen LogP contribution < -0.4 is 5.32 Å². The second-order valence-electron chi connectivity index (χ2n) is 4.47. The monoisotopic (exact) mass is 294 g/mol. The van der Waals surface area contributed by atoms with Crippen LogP contribution in [0, 0.1) is 0 Å². The molecule has 2 unspecified atom stereocenters. The van der Waals surface area contributed by atoms with Crippen molar-refractivity contribution in [3.05, 3.63) is 35.9 Å². The van der Waals surface area contributed by atoms with E-state index in [1.165, 1.54) is 7.11 Å². The number of ether oxygens (including phenoxy) is 1. The maximum absolute atomic E-state index is 12.1. The van der Waals surface area contributed by atoms with Crippen LogP contribution >= 0.6 is 11.8 Å². The van der Waals surface area contributed by atoms with Gasteiger partial charge in [0.2, 0.25) is 5.91 Å². The largest absolute Gasteiger partial charge is 0.394 e. The highest BCUT2D eigenvalue weighted by Gasteiger charge is 2.27. The maximum Gasteiger partial charge on any atom is 0.246 e. The number of hydrogen-bond donors (Lipinski definition) is 2. The average Bonchev–Trinajstić information content (AvgIpc) is 2.97. The molecule has 0 radical (unpaired) electrons. The summed E-state index contributed by atoms with van der Waals surface area (Å²) in [4.78, 5) is 16.5. The molecule has 20 heavy (non-hydrogen) atoms. The summed E-state index contributed by atoms with van der Waals surface area (Å²) < 4.78 is 4.93. The SMILES string of the molecule is COCC(CO)NC(=O)C1CSC(c2ccccc2)=N1. The number of benzene rings is 1. The summed E-state index contributed by atoms with van der Waals surface area (Å²) in [5.41, 5.74) is 1.03. The zero-order valence-electron chi connectivity index (χ0n) is 11.3. The van der Waals surface area contributed by atoms with Gasteiger partial charge in [0, 0.05) is 18.4 Å². The summed E-state index contributed by atoms with van der Waals surface area (Å²) in [6.45, 7) is 0.145. The highest BCUT2D eigenvalue weighted by molar-refractivity contribution is 8.14. The molecule has 0 spiro atoms. The molecule has 6 heteroatoms. The first-order valence-electron chi connectivity index (χ1n) is 6.40. The van der Waals surface area contributed by atoms with E-state index in [4.69, 9.17) is 9.84 Å². The number of nitrogens with zero attached hydrogens (tertiary/aromatic N) is 1. The fraction of sp³-hybridized carbons (Fsp3) is 0.429. The van der Waals surface area contributed by atoms with Gasteiger partial charge in [-0.15, -0.1) is 11.8 Å². The Labute approximate surface area is 122 Å². The van der Waals surface area contributed by atoms with E-state index in [0.29, 0.717) is 5.75 Å². The highest BCUT2D eigenvalue weighted by Crippen LogP contribution is 2.23. The molecule has 2 atom stereocenters. The van der Waals surface area contributed by atoms with Crippen molar-refractivity contribution in [2.45, 2.75) is 12.1 Å². The molecule has 0 aliphatic carbocycles. The van der Waals surface area contributed by atoms with Gasteiger partial charge >= 0.3 is 0 Å². The third kappa shape index (κ3) is 3.82. The minimum absolute atomic E-state index is 0.144. The first-order valence-corrected chi connectivity index (χ1v) is 7.39. The molecule has 0 fully saturated rings. The van der Waals surface area contributed by atoms with Gasteiger partial charge in [-0.05, 0) is 0 Å². The fourth-order valence-corrected chi connectivity index (χ4v) is 2.93. The molecule has 1 aliphatic rings. The van der Waals surface area contributed by atoms with Crippen LogP contribution in [0.4, 0.5) is 0 Å². The third-order valence-corrected chi connectivity index (χ3v) is 4.01. The van der Waals surface area contributed by atoms with E-state index in [9.17, 15) is 4.79 Å². The van der Waals surface area contributed by atoms with Crippen LogP contribution in [0.1, 0.15) is 5.56 Å². The van der Waals surface area contributed by atoms with Crippen molar-refractivity contribution in [3.8, 4) is 0 Å². The topological polar surface area (TPSA) is 70.9 Å². The van der Waals surface area contributed by atoms with Crippen LogP contribution in [0.15, 0.2) is 35.3 Å². The lowest BCUT2D eigenvalue weighted by Gasteiger charge is -2.16. The summed E-state index contributed by atoms with van der Waals surface area (Å²) >= 11 is 1.58. The Kier molecular flexibility index (Phi) is 5.58. The van der Waals surface area contributed by atoms with Crippen molar-refractivity contribution in [1.82, 2.24) is 5.32 Å². The Hall–Kier alpha value is -1.37. The first kappa shape index (κ1) is 15.0. The number of amides is 1. The van der Waals surface area contributed by atoms with E-state index in [1.807, 2.05) is 30.3 Å². The van der Waals surface area contributed by atoms with Crippen molar-refractivity contribution in [2.75, 3.05) is 26.1 Å². The molecule has 0 aromatic heterocycles. The van der Waals surface area contributed by atoms with Crippen molar-refractivity contribution >= 4 is 22.7 Å². The van der Waals surface area contributed by atoms with Gasteiger partial charge in [-0.25, -0.2) is 0 Å². The molecule has 1 aromatic carbocycles. The van der Waals surface area contributed by atoms with Gasteiger partial charge < -0.3 is 15.2 Å². The van der Waals surface area contributed by atoms with Crippen LogP contribution in [0.25, 0.3) is 0 Å². The number of rotatable bonds is 6. The van der Waals surface area contributed by atoms with E-state index in [1.54, 1.807) is 11.8 Å². The molecule has 0 saturated heterocycles. The minimum Gasteiger partial charge on any atom is -0.394 e. The van der Waals surface area contributed by atoms with Crippen molar-refractivity contribution < 1.29 is 14.6 Å². The summed E-state index contributed by atoms with van der Waals surface area (Å²) in [5.74, 6) is 0.459. The van der Waals surface area contributed by atoms with Crippen LogP contribution in [0.5, 0.6) is 0 Å². The molecule has 0 saturated carbocycles. The average molecular weight is 294 g/mol. The van der Waals surface area contributed by atoms with Gasteiger partial charge in [0.25, 0.3) is 0 Å². The first-order chi connectivity index (χ1) is 9.74. The molecule has 5 nitrogen and oxygen atoms in total. The second kappa shape index (κ2) is 7.42. The number of carbonyl (C=O) groups is 1. The Balaban J connectivity index is 1.97. The molecule has 1 aromatic rings. The van der Waals surface area contributed by atoms with E-state index >= 15 is 0 Å². The van der Waals surface area contributed by atoms with E-state index in [-0.39, 0.29) is 25.2 Å². The van der Waals surface area contributed by atoms with Crippen molar-refractivity contribution in [2.24, 2.45) is 4.99 Å². The standard InChI is InChI=1S/C14H18N2O3S/c1-19-8-11(7-17)15-13(18)12-9-20-14(16-12)10-5-3-2-4-6-10/h2-6,11-12,17H,7-9H2,1H3,(H,15,18). The number of aliphatic hydroxyl groups excluding tert-OH is 1. The van der Waals surface area contributed by atoms with Crippen LogP contribution in [0.3, 0.4) is 0 Å². The molecular weight excluding hydrogens is 276 g/mol. The third-order valence-electron chi connectivity index (χ3n) is 2.91. The maximum atomic E-state index is 12.1. The van der Waals surface area contributed by atoms with Crippen molar-refractivity contribution in [1.29, 1.82) is 0 Å². The molecule has 108 valence electrons. The summed E-state index contributed by atoms with van der Waals surface area (Å²) in [5, 5.41) is 12.8. The Morgan fingerprint density at radius 3 is 2.95 bits per heavy atom. The molecule has 1 heterocycles. The molecule has 1 aliphatic heterocycles. The highest BCUT2D eigenvalue weighted by atomic mass is 32.2. The van der Waals surface area contributed by atoms with Gasteiger partial charge in [-0.2, -0.15) is 0 Å². The van der Waals surface area contributed by atoms with Gasteiger partial charge in [-0.1, -0.05) is 30.3 Å². The second-order valence-corrected chi connectivity index (χ2v) is 5.48. The van der Waals surface area contributed by atoms with Gasteiger partial charge in [0.15, 0.2) is 0 Å². The van der Waals surface area contributed by atoms with Gasteiger partial charge in [0.05, 0.1) is 24.3 Å². The lowest BCUT2D eigenvalue weighted by Crippen LogP contribution is -2.45. The van der Waals surface area contributed by atoms with E-state index < -0.39 is 6.04 Å². The number of methoxy groups -OCH3 is 1. The number of thioether (sulfide) groups is 1. The number of hydrogen-bond acceptors (Lipinski definition) is 5. The summed E-state index contributed by atoms with van der Waals surface area (Å²) in [6, 6.07) is 9.03. The zero-order valence-corrected chi connectivity index (χ0v) is 12.1. The quantitative estimate of drug-likeness (QED) is 0.809. The van der Waals surface area contributed by atoms with Gasteiger partial charge in [0.1, 0.15) is 6.04 Å². The fourth-order valence-electron chi connectivity index (χ4n) is 1.89. The Bertz CT molecular complexity index is 479. The molecule has 2 rings (SSSR count). The molecule has 1 amide bonds. The predicted octanol–water partition coefficient (Wildman–Crippen LogP) is 0.672. The van der Waals surface area contributed by atoms with Crippen molar-refractivity contribution in [3.63, 3.8) is 0 Å². The molecule has 2 N–H and O–H groups in total. The Morgan fingerprint density at radius 2 is 2.30 bits per heavy atom. The zero-order chi connectivity index (χ0) is 14.4. The lowest BCUT2D eigenvalue weighted by atomic mass is 10.2. The number of nitrogens with one attached hydrogen (secondary N) is 1. The normalized spacial score (nSPS) is 19.5. The summed E-state index contributed by atoms with van der Waals surface area (Å²) in [6.07, 6.45) is 0. The number of aliphatic hydroxyl groups is 1. The van der Waals surface area contributed by atoms with Crippen LogP contribution in [-0.4, -0.2) is 54.2 Å². The summed E-state index contributed by atoms with van der Waals surface area (Å²) in [7, 11) is 1.53. The van der Waals surface area contributed by atoms with Crippen LogP contribution in [-0.2, 0) is 9.53 Å². The molecular formula is C14H18N2O3S. The van der Waals surface area contributed by atoms with Gasteiger partial charge in [-0.3, -0.25) is 9.79 Å².